The molecule has 2 aromatic heterocycles. The van der Waals surface area contributed by atoms with Gasteiger partial charge in [0.25, 0.3) is 5.91 Å². The Kier molecular flexibility index (Phi) is 3.89. The number of ether oxygens (including phenoxy) is 1. The third kappa shape index (κ3) is 2.96. The van der Waals surface area contributed by atoms with Crippen LogP contribution in [0.3, 0.4) is 0 Å². The first-order chi connectivity index (χ1) is 11.7. The van der Waals surface area contributed by atoms with Crippen molar-refractivity contribution in [2.45, 2.75) is 30.9 Å². The van der Waals surface area contributed by atoms with Crippen LogP contribution < -0.4 is 5.32 Å². The van der Waals surface area contributed by atoms with E-state index >= 15 is 0 Å². The smallest absolute Gasteiger partial charge is 0.275 e. The Morgan fingerprint density at radius 3 is 3.00 bits per heavy atom. The van der Waals surface area contributed by atoms with Crippen LogP contribution in [0, 0.1) is 0 Å². The maximum Gasteiger partial charge on any atom is 0.275 e. The molecule has 2 atom stereocenters. The number of carbonyl (C=O) groups excluding carboxylic acids is 1. The quantitative estimate of drug-likeness (QED) is 0.908. The van der Waals surface area contributed by atoms with E-state index in [1.54, 1.807) is 23.4 Å². The monoisotopic (exact) mass is 329 g/mol. The molecule has 2 aliphatic heterocycles. The summed E-state index contributed by atoms with van der Waals surface area (Å²) in [6.07, 6.45) is 8.65. The Morgan fingerprint density at radius 1 is 1.33 bits per heavy atom. The number of hydrogen-bond donors (Lipinski definition) is 1. The third-order valence-corrected chi connectivity index (χ3v) is 4.65. The lowest BCUT2D eigenvalue weighted by Crippen LogP contribution is -2.47. The minimum Gasteiger partial charge on any atom is -0.451 e. The lowest BCUT2D eigenvalue weighted by molar-refractivity contribution is -0.0721. The topological polar surface area (TPSA) is 93.4 Å². The number of nitrogens with zero attached hydrogens (tertiary/aromatic N) is 4. The Bertz CT molecular complexity index is 693. The molecule has 2 saturated heterocycles. The standard InChI is InChI=1S/C16H19N5O3/c22-14(13-9-23-11-19-13)21-6-3-16(10-21)8-12(2-7-24-16)20-15-17-4-1-5-18-15/h1,4-5,9,11-12H,2-3,6-8,10H2,(H,17,18,20)/t12-,16-/m1/s1. The van der Waals surface area contributed by atoms with E-state index in [9.17, 15) is 4.79 Å². The first kappa shape index (κ1) is 15.1. The van der Waals surface area contributed by atoms with Crippen molar-refractivity contribution in [1.29, 1.82) is 0 Å². The molecule has 8 nitrogen and oxygen atoms in total. The predicted octanol–water partition coefficient (Wildman–Crippen LogP) is 1.34. The highest BCUT2D eigenvalue weighted by Crippen LogP contribution is 2.35. The van der Waals surface area contributed by atoms with Crippen LogP contribution in [0.4, 0.5) is 5.95 Å². The number of rotatable bonds is 3. The number of likely N-dealkylation sites (tertiary alicyclic amines) is 1. The normalized spacial score (nSPS) is 26.7. The van der Waals surface area contributed by atoms with Crippen molar-refractivity contribution < 1.29 is 13.9 Å². The number of anilines is 1. The molecule has 1 amide bonds. The second-order valence-electron chi connectivity index (χ2n) is 6.29. The molecule has 0 unspecified atom stereocenters. The van der Waals surface area contributed by atoms with Crippen LogP contribution in [0.5, 0.6) is 0 Å². The van der Waals surface area contributed by atoms with Crippen molar-refractivity contribution >= 4 is 11.9 Å². The first-order valence-electron chi connectivity index (χ1n) is 8.09. The van der Waals surface area contributed by atoms with Gasteiger partial charge in [0.05, 0.1) is 12.1 Å². The predicted molar refractivity (Wildman–Crippen MR) is 84.4 cm³/mol. The van der Waals surface area contributed by atoms with Crippen LogP contribution in [0.25, 0.3) is 0 Å². The molecule has 24 heavy (non-hydrogen) atoms. The summed E-state index contributed by atoms with van der Waals surface area (Å²) in [6.45, 7) is 1.91. The van der Waals surface area contributed by atoms with Crippen molar-refractivity contribution in [2.24, 2.45) is 0 Å². The van der Waals surface area contributed by atoms with Crippen molar-refractivity contribution in [3.05, 3.63) is 36.8 Å². The Labute approximate surface area is 139 Å². The van der Waals surface area contributed by atoms with Gasteiger partial charge >= 0.3 is 0 Å². The summed E-state index contributed by atoms with van der Waals surface area (Å²) < 4.78 is 11.0. The number of hydrogen-bond acceptors (Lipinski definition) is 7. The SMILES string of the molecule is O=C(c1cocn1)N1CC[C@@]2(C[C@H](Nc3ncccn3)CCO2)C1. The summed E-state index contributed by atoms with van der Waals surface area (Å²) in [4.78, 5) is 26.6. The highest BCUT2D eigenvalue weighted by atomic mass is 16.5. The zero-order valence-electron chi connectivity index (χ0n) is 13.2. The molecule has 1 spiro atoms. The van der Waals surface area contributed by atoms with Gasteiger partial charge in [-0.1, -0.05) is 0 Å². The van der Waals surface area contributed by atoms with Gasteiger partial charge in [0.1, 0.15) is 6.26 Å². The van der Waals surface area contributed by atoms with E-state index in [2.05, 4.69) is 20.3 Å². The highest BCUT2D eigenvalue weighted by Gasteiger charge is 2.45. The summed E-state index contributed by atoms with van der Waals surface area (Å²) in [5.74, 6) is 0.527. The van der Waals surface area contributed by atoms with Gasteiger partial charge in [-0.15, -0.1) is 0 Å². The summed E-state index contributed by atoms with van der Waals surface area (Å²) in [5, 5.41) is 3.37. The second kappa shape index (κ2) is 6.20. The molecule has 8 heteroatoms. The van der Waals surface area contributed by atoms with Crippen molar-refractivity contribution in [2.75, 3.05) is 25.0 Å². The minimum absolute atomic E-state index is 0.106. The van der Waals surface area contributed by atoms with E-state index < -0.39 is 0 Å². The molecular weight excluding hydrogens is 310 g/mol. The number of nitrogens with one attached hydrogen (secondary N) is 1. The maximum atomic E-state index is 12.4. The lowest BCUT2D eigenvalue weighted by Gasteiger charge is -2.38. The summed E-state index contributed by atoms with van der Waals surface area (Å²) in [5.41, 5.74) is 0.0413. The molecule has 2 aromatic rings. The van der Waals surface area contributed by atoms with Gasteiger partial charge in [0, 0.05) is 31.6 Å². The largest absolute Gasteiger partial charge is 0.451 e. The van der Waals surface area contributed by atoms with E-state index in [0.29, 0.717) is 31.3 Å². The molecule has 0 bridgehead atoms. The summed E-state index contributed by atoms with van der Waals surface area (Å²) in [6, 6.07) is 2.03. The molecule has 2 aliphatic rings. The van der Waals surface area contributed by atoms with Gasteiger partial charge in [-0.3, -0.25) is 4.79 Å². The molecule has 126 valence electrons. The van der Waals surface area contributed by atoms with Gasteiger partial charge in [-0.2, -0.15) is 0 Å². The van der Waals surface area contributed by atoms with Crippen LogP contribution in [0.2, 0.25) is 0 Å². The Morgan fingerprint density at radius 2 is 2.21 bits per heavy atom. The van der Waals surface area contributed by atoms with Gasteiger partial charge < -0.3 is 19.4 Å². The van der Waals surface area contributed by atoms with E-state index in [1.165, 1.54) is 12.7 Å². The van der Waals surface area contributed by atoms with Gasteiger partial charge in [0.15, 0.2) is 12.1 Å². The number of amides is 1. The summed E-state index contributed by atoms with van der Waals surface area (Å²) in [7, 11) is 0. The van der Waals surface area contributed by atoms with Crippen molar-refractivity contribution in [1.82, 2.24) is 19.9 Å². The molecule has 0 saturated carbocycles. The maximum absolute atomic E-state index is 12.4. The Hall–Kier alpha value is -2.48. The molecule has 0 radical (unpaired) electrons. The first-order valence-corrected chi connectivity index (χ1v) is 8.09. The van der Waals surface area contributed by atoms with Gasteiger partial charge in [-0.05, 0) is 25.3 Å². The molecule has 0 aliphatic carbocycles. The van der Waals surface area contributed by atoms with E-state index in [0.717, 1.165) is 19.3 Å². The minimum atomic E-state index is -0.301. The molecule has 2 fully saturated rings. The molecule has 4 heterocycles. The fourth-order valence-corrected chi connectivity index (χ4v) is 3.49. The molecular formula is C16H19N5O3. The zero-order chi connectivity index (χ0) is 16.4. The van der Waals surface area contributed by atoms with E-state index in [-0.39, 0.29) is 17.6 Å². The van der Waals surface area contributed by atoms with Gasteiger partial charge in [-0.25, -0.2) is 15.0 Å². The highest BCUT2D eigenvalue weighted by molar-refractivity contribution is 5.92. The molecule has 0 aromatic carbocycles. The van der Waals surface area contributed by atoms with Crippen LogP contribution in [-0.4, -0.2) is 57.1 Å². The average Bonchev–Trinajstić information content (AvgIpc) is 3.26. The van der Waals surface area contributed by atoms with Crippen LogP contribution in [-0.2, 0) is 4.74 Å². The zero-order valence-corrected chi connectivity index (χ0v) is 13.2. The fourth-order valence-electron chi connectivity index (χ4n) is 3.49. The van der Waals surface area contributed by atoms with Crippen molar-refractivity contribution in [3.63, 3.8) is 0 Å². The fraction of sp³-hybridized carbons (Fsp3) is 0.500. The summed E-state index contributed by atoms with van der Waals surface area (Å²) >= 11 is 0. The lowest BCUT2D eigenvalue weighted by atomic mass is 9.89. The Balaban J connectivity index is 1.41. The van der Waals surface area contributed by atoms with Crippen LogP contribution >= 0.6 is 0 Å². The van der Waals surface area contributed by atoms with Gasteiger partial charge in [0.2, 0.25) is 5.95 Å². The third-order valence-electron chi connectivity index (χ3n) is 4.65. The van der Waals surface area contributed by atoms with E-state index in [1.807, 2.05) is 0 Å². The van der Waals surface area contributed by atoms with Crippen molar-refractivity contribution in [3.8, 4) is 0 Å². The second-order valence-corrected chi connectivity index (χ2v) is 6.29. The van der Waals surface area contributed by atoms with E-state index in [4.69, 9.17) is 9.15 Å². The average molecular weight is 329 g/mol. The number of oxazole rings is 1. The number of carbonyl (C=O) groups is 1. The van der Waals surface area contributed by atoms with Crippen LogP contribution in [0.15, 0.2) is 35.5 Å². The van der Waals surface area contributed by atoms with Crippen LogP contribution in [0.1, 0.15) is 29.8 Å². The molecule has 1 N–H and O–H groups in total. The number of aromatic nitrogens is 3. The molecule has 4 rings (SSSR count).